The van der Waals surface area contributed by atoms with E-state index in [1.807, 2.05) is 12.1 Å². The Bertz CT molecular complexity index is 348. The molecule has 0 spiro atoms. The number of aliphatic hydroxyl groups excluding tert-OH is 1. The zero-order chi connectivity index (χ0) is 11.4. The molecule has 4 nitrogen and oxygen atoms in total. The fourth-order valence-electron chi connectivity index (χ4n) is 2.32. The zero-order valence-corrected chi connectivity index (χ0v) is 9.45. The average molecular weight is 221 g/mol. The van der Waals surface area contributed by atoms with E-state index in [0.717, 1.165) is 25.7 Å². The fraction of sp³-hybridized carbons (Fsp3) is 0.583. The average Bonchev–Trinajstić information content (AvgIpc) is 2.33. The van der Waals surface area contributed by atoms with Gasteiger partial charge in [0.05, 0.1) is 17.8 Å². The van der Waals surface area contributed by atoms with Crippen LogP contribution in [0.4, 0.5) is 11.5 Å². The van der Waals surface area contributed by atoms with E-state index >= 15 is 0 Å². The van der Waals surface area contributed by atoms with Gasteiger partial charge < -0.3 is 16.2 Å². The number of aromatic nitrogens is 1. The summed E-state index contributed by atoms with van der Waals surface area (Å²) in [5.74, 6) is 0.693. The lowest BCUT2D eigenvalue weighted by atomic mass is 9.82. The molecule has 0 atom stereocenters. The molecule has 16 heavy (non-hydrogen) atoms. The van der Waals surface area contributed by atoms with Crippen LogP contribution in [-0.4, -0.2) is 22.2 Å². The summed E-state index contributed by atoms with van der Waals surface area (Å²) in [5.41, 5.74) is 6.26. The first-order chi connectivity index (χ1) is 7.76. The second-order valence-corrected chi connectivity index (χ2v) is 4.57. The molecule has 0 radical (unpaired) electrons. The van der Waals surface area contributed by atoms with Crippen LogP contribution in [0.2, 0.25) is 0 Å². The van der Waals surface area contributed by atoms with Crippen LogP contribution < -0.4 is 11.1 Å². The van der Waals surface area contributed by atoms with Crippen molar-refractivity contribution in [3.05, 3.63) is 18.3 Å². The fourth-order valence-corrected chi connectivity index (χ4v) is 2.32. The minimum absolute atomic E-state index is 0.142. The molecule has 1 aliphatic carbocycles. The van der Waals surface area contributed by atoms with Gasteiger partial charge in [0.2, 0.25) is 0 Å². The number of nitrogens with one attached hydrogen (secondary N) is 1. The van der Waals surface area contributed by atoms with Crippen molar-refractivity contribution in [3.8, 4) is 0 Å². The van der Waals surface area contributed by atoms with Crippen LogP contribution >= 0.6 is 0 Å². The smallest absolute Gasteiger partial charge is 0.149 e. The van der Waals surface area contributed by atoms with E-state index in [0.29, 0.717) is 11.5 Å². The number of nitrogen functional groups attached to an aromatic ring is 1. The Morgan fingerprint density at radius 3 is 2.75 bits per heavy atom. The molecule has 1 aliphatic rings. The highest BCUT2D eigenvalue weighted by Crippen LogP contribution is 2.32. The van der Waals surface area contributed by atoms with Crippen LogP contribution in [0, 0.1) is 0 Å². The molecule has 1 heterocycles. The SMILES string of the molecule is Nc1cccnc1NC1(CO)CCCCC1. The molecule has 2 rings (SSSR count). The van der Waals surface area contributed by atoms with Crippen molar-refractivity contribution in [2.75, 3.05) is 17.7 Å². The van der Waals surface area contributed by atoms with Crippen LogP contribution in [0.5, 0.6) is 0 Å². The number of hydrogen-bond donors (Lipinski definition) is 3. The standard InChI is InChI=1S/C12H19N3O/c13-10-5-4-8-14-11(10)15-12(9-16)6-2-1-3-7-12/h4-5,8,16H,1-3,6-7,9,13H2,(H,14,15). The van der Waals surface area contributed by atoms with Gasteiger partial charge in [-0.15, -0.1) is 0 Å². The minimum atomic E-state index is -0.222. The number of aliphatic hydroxyl groups is 1. The van der Waals surface area contributed by atoms with Crippen molar-refractivity contribution in [3.63, 3.8) is 0 Å². The van der Waals surface area contributed by atoms with E-state index in [2.05, 4.69) is 10.3 Å². The molecule has 1 saturated carbocycles. The lowest BCUT2D eigenvalue weighted by Crippen LogP contribution is -2.44. The summed E-state index contributed by atoms with van der Waals surface area (Å²) in [7, 11) is 0. The van der Waals surface area contributed by atoms with Gasteiger partial charge in [0.1, 0.15) is 5.82 Å². The molecule has 0 amide bonds. The third-order valence-electron chi connectivity index (χ3n) is 3.34. The summed E-state index contributed by atoms with van der Waals surface area (Å²) in [6, 6.07) is 3.64. The van der Waals surface area contributed by atoms with Gasteiger partial charge in [0, 0.05) is 6.20 Å². The second kappa shape index (κ2) is 4.70. The Labute approximate surface area is 95.9 Å². The predicted octanol–water partition coefficient (Wildman–Crippen LogP) is 1.77. The van der Waals surface area contributed by atoms with E-state index in [4.69, 9.17) is 5.73 Å². The van der Waals surface area contributed by atoms with E-state index in [9.17, 15) is 5.11 Å². The largest absolute Gasteiger partial charge is 0.396 e. The third kappa shape index (κ3) is 2.27. The molecule has 1 fully saturated rings. The molecule has 0 unspecified atom stereocenters. The lowest BCUT2D eigenvalue weighted by molar-refractivity contribution is 0.172. The van der Waals surface area contributed by atoms with Crippen LogP contribution in [-0.2, 0) is 0 Å². The van der Waals surface area contributed by atoms with Crippen molar-refractivity contribution in [1.82, 2.24) is 4.98 Å². The first kappa shape index (κ1) is 11.2. The van der Waals surface area contributed by atoms with Crippen LogP contribution in [0.15, 0.2) is 18.3 Å². The Morgan fingerprint density at radius 1 is 1.38 bits per heavy atom. The van der Waals surface area contributed by atoms with Gasteiger partial charge in [-0.05, 0) is 25.0 Å². The molecular formula is C12H19N3O. The van der Waals surface area contributed by atoms with E-state index in [-0.39, 0.29) is 12.1 Å². The highest BCUT2D eigenvalue weighted by molar-refractivity contribution is 5.61. The maximum Gasteiger partial charge on any atom is 0.149 e. The molecule has 88 valence electrons. The lowest BCUT2D eigenvalue weighted by Gasteiger charge is -2.37. The van der Waals surface area contributed by atoms with E-state index in [1.54, 1.807) is 6.20 Å². The van der Waals surface area contributed by atoms with Crippen molar-refractivity contribution in [2.24, 2.45) is 0 Å². The number of nitrogens with zero attached hydrogens (tertiary/aromatic N) is 1. The second-order valence-electron chi connectivity index (χ2n) is 4.57. The molecule has 1 aromatic rings. The molecule has 0 bridgehead atoms. The third-order valence-corrected chi connectivity index (χ3v) is 3.34. The molecule has 0 aliphatic heterocycles. The van der Waals surface area contributed by atoms with Gasteiger partial charge >= 0.3 is 0 Å². The number of rotatable bonds is 3. The van der Waals surface area contributed by atoms with Gasteiger partial charge in [0.25, 0.3) is 0 Å². The summed E-state index contributed by atoms with van der Waals surface area (Å²) in [6.45, 7) is 0.142. The number of anilines is 2. The summed E-state index contributed by atoms with van der Waals surface area (Å²) >= 11 is 0. The predicted molar refractivity (Wildman–Crippen MR) is 65.2 cm³/mol. The van der Waals surface area contributed by atoms with Crippen molar-refractivity contribution < 1.29 is 5.11 Å². The normalized spacial score (nSPS) is 19.3. The van der Waals surface area contributed by atoms with Gasteiger partial charge in [-0.2, -0.15) is 0 Å². The Hall–Kier alpha value is -1.29. The highest BCUT2D eigenvalue weighted by Gasteiger charge is 2.31. The van der Waals surface area contributed by atoms with Crippen LogP contribution in [0.3, 0.4) is 0 Å². The number of hydrogen-bond acceptors (Lipinski definition) is 4. The monoisotopic (exact) mass is 221 g/mol. The molecular weight excluding hydrogens is 202 g/mol. The van der Waals surface area contributed by atoms with Crippen LogP contribution in [0.25, 0.3) is 0 Å². The number of pyridine rings is 1. The van der Waals surface area contributed by atoms with Crippen molar-refractivity contribution in [2.45, 2.75) is 37.6 Å². The highest BCUT2D eigenvalue weighted by atomic mass is 16.3. The van der Waals surface area contributed by atoms with Crippen LogP contribution in [0.1, 0.15) is 32.1 Å². The molecule has 0 aromatic carbocycles. The Kier molecular flexibility index (Phi) is 3.29. The van der Waals surface area contributed by atoms with Gasteiger partial charge in [0.15, 0.2) is 0 Å². The first-order valence-electron chi connectivity index (χ1n) is 5.85. The van der Waals surface area contributed by atoms with Gasteiger partial charge in [-0.3, -0.25) is 0 Å². The van der Waals surface area contributed by atoms with Crippen molar-refractivity contribution >= 4 is 11.5 Å². The summed E-state index contributed by atoms with van der Waals surface area (Å²) in [4.78, 5) is 4.22. The molecule has 1 aromatic heterocycles. The van der Waals surface area contributed by atoms with E-state index in [1.165, 1.54) is 6.42 Å². The topological polar surface area (TPSA) is 71.2 Å². The summed E-state index contributed by atoms with van der Waals surface area (Å²) < 4.78 is 0. The summed E-state index contributed by atoms with van der Waals surface area (Å²) in [6.07, 6.45) is 7.24. The quantitative estimate of drug-likeness (QED) is 0.727. The van der Waals surface area contributed by atoms with Gasteiger partial charge in [-0.1, -0.05) is 19.3 Å². The number of nitrogens with two attached hydrogens (primary N) is 1. The minimum Gasteiger partial charge on any atom is -0.396 e. The van der Waals surface area contributed by atoms with Gasteiger partial charge in [-0.25, -0.2) is 4.98 Å². The van der Waals surface area contributed by atoms with Crippen molar-refractivity contribution in [1.29, 1.82) is 0 Å². The summed E-state index contributed by atoms with van der Waals surface area (Å²) in [5, 5.41) is 12.9. The Balaban J connectivity index is 2.15. The zero-order valence-electron chi connectivity index (χ0n) is 9.45. The Morgan fingerprint density at radius 2 is 2.12 bits per heavy atom. The van der Waals surface area contributed by atoms with E-state index < -0.39 is 0 Å². The maximum atomic E-state index is 9.56. The molecule has 0 saturated heterocycles. The first-order valence-corrected chi connectivity index (χ1v) is 5.85. The molecule has 4 heteroatoms. The molecule has 4 N–H and O–H groups in total. The maximum absolute atomic E-state index is 9.56.